The fourth-order valence-corrected chi connectivity index (χ4v) is 1.78. The number of aliphatic hydroxyl groups is 1. The first-order chi connectivity index (χ1) is 8.99. The molecule has 5 heteroatoms. The van der Waals surface area contributed by atoms with Gasteiger partial charge in [-0.25, -0.2) is 17.6 Å². The Kier molecular flexibility index (Phi) is 3.85. The predicted molar refractivity (Wildman–Crippen MR) is 61.4 cm³/mol. The van der Waals surface area contributed by atoms with Crippen LogP contribution in [0, 0.1) is 23.3 Å². The Bertz CT molecular complexity index is 598. The predicted octanol–water partition coefficient (Wildman–Crippen LogP) is 3.52. The molecule has 0 radical (unpaired) electrons. The highest BCUT2D eigenvalue weighted by Crippen LogP contribution is 2.23. The summed E-state index contributed by atoms with van der Waals surface area (Å²) in [6, 6.07) is 6.54. The lowest BCUT2D eigenvalue weighted by molar-refractivity contribution is 0.172. The summed E-state index contributed by atoms with van der Waals surface area (Å²) >= 11 is 0. The van der Waals surface area contributed by atoms with E-state index >= 15 is 0 Å². The molecule has 2 aromatic carbocycles. The largest absolute Gasteiger partial charge is 0.388 e. The Morgan fingerprint density at radius 3 is 2.32 bits per heavy atom. The highest BCUT2D eigenvalue weighted by molar-refractivity contribution is 5.25. The van der Waals surface area contributed by atoms with Crippen LogP contribution in [-0.2, 0) is 6.42 Å². The van der Waals surface area contributed by atoms with Gasteiger partial charge in [-0.3, -0.25) is 0 Å². The lowest BCUT2D eigenvalue weighted by Crippen LogP contribution is -2.06. The average Bonchev–Trinajstić information content (AvgIpc) is 2.37. The molecule has 1 atom stereocenters. The van der Waals surface area contributed by atoms with Gasteiger partial charge in [-0.15, -0.1) is 0 Å². The molecule has 1 N–H and O–H groups in total. The van der Waals surface area contributed by atoms with Crippen LogP contribution in [0.2, 0.25) is 0 Å². The van der Waals surface area contributed by atoms with E-state index < -0.39 is 29.4 Å². The first kappa shape index (κ1) is 13.5. The molecule has 100 valence electrons. The number of benzene rings is 2. The molecule has 0 spiro atoms. The van der Waals surface area contributed by atoms with Gasteiger partial charge in [0.2, 0.25) is 0 Å². The molecular weight excluding hydrogens is 260 g/mol. The highest BCUT2D eigenvalue weighted by Gasteiger charge is 2.16. The van der Waals surface area contributed by atoms with Crippen LogP contribution in [0.5, 0.6) is 0 Å². The van der Waals surface area contributed by atoms with Gasteiger partial charge < -0.3 is 5.11 Å². The van der Waals surface area contributed by atoms with E-state index in [1.807, 2.05) is 0 Å². The van der Waals surface area contributed by atoms with E-state index in [0.717, 1.165) is 18.2 Å². The first-order valence-corrected chi connectivity index (χ1v) is 5.55. The average molecular weight is 270 g/mol. The van der Waals surface area contributed by atoms with Crippen LogP contribution in [0.3, 0.4) is 0 Å². The minimum Gasteiger partial charge on any atom is -0.388 e. The van der Waals surface area contributed by atoms with Crippen LogP contribution in [0.1, 0.15) is 17.2 Å². The van der Waals surface area contributed by atoms with Crippen molar-refractivity contribution in [3.8, 4) is 0 Å². The first-order valence-electron chi connectivity index (χ1n) is 5.55. The molecule has 0 aliphatic heterocycles. The zero-order valence-electron chi connectivity index (χ0n) is 9.71. The van der Waals surface area contributed by atoms with E-state index in [2.05, 4.69) is 0 Å². The van der Waals surface area contributed by atoms with E-state index in [9.17, 15) is 22.7 Å². The van der Waals surface area contributed by atoms with Gasteiger partial charge >= 0.3 is 0 Å². The Hall–Kier alpha value is -1.88. The maximum Gasteiger partial charge on any atom is 0.164 e. The minimum absolute atomic E-state index is 0.141. The fourth-order valence-electron chi connectivity index (χ4n) is 1.78. The van der Waals surface area contributed by atoms with Crippen LogP contribution in [-0.4, -0.2) is 5.11 Å². The zero-order valence-corrected chi connectivity index (χ0v) is 9.71. The maximum absolute atomic E-state index is 13.4. The van der Waals surface area contributed by atoms with Crippen LogP contribution in [0.4, 0.5) is 17.6 Å². The second-order valence-electron chi connectivity index (χ2n) is 4.11. The Morgan fingerprint density at radius 1 is 0.895 bits per heavy atom. The smallest absolute Gasteiger partial charge is 0.164 e. The number of aliphatic hydroxyl groups excluding tert-OH is 1. The lowest BCUT2D eigenvalue weighted by Gasteiger charge is -2.12. The third-order valence-electron chi connectivity index (χ3n) is 2.75. The third-order valence-corrected chi connectivity index (χ3v) is 2.75. The summed E-state index contributed by atoms with van der Waals surface area (Å²) < 4.78 is 52.1. The van der Waals surface area contributed by atoms with Gasteiger partial charge in [0.15, 0.2) is 23.3 Å². The van der Waals surface area contributed by atoms with Crippen molar-refractivity contribution in [1.82, 2.24) is 0 Å². The number of hydrogen-bond donors (Lipinski definition) is 1. The van der Waals surface area contributed by atoms with Crippen LogP contribution in [0.15, 0.2) is 36.4 Å². The van der Waals surface area contributed by atoms with E-state index in [0.29, 0.717) is 0 Å². The monoisotopic (exact) mass is 270 g/mol. The van der Waals surface area contributed by atoms with Gasteiger partial charge in [0.1, 0.15) is 0 Å². The molecule has 0 aliphatic rings. The highest BCUT2D eigenvalue weighted by atomic mass is 19.2. The Labute approximate surface area is 107 Å². The van der Waals surface area contributed by atoms with Crippen molar-refractivity contribution in [3.05, 3.63) is 70.8 Å². The van der Waals surface area contributed by atoms with Crippen LogP contribution >= 0.6 is 0 Å². The van der Waals surface area contributed by atoms with Crippen LogP contribution in [0.25, 0.3) is 0 Å². The van der Waals surface area contributed by atoms with Crippen LogP contribution < -0.4 is 0 Å². The molecule has 19 heavy (non-hydrogen) atoms. The van der Waals surface area contributed by atoms with Gasteiger partial charge in [-0.2, -0.15) is 0 Å². The molecule has 0 amide bonds. The van der Waals surface area contributed by atoms with E-state index in [1.165, 1.54) is 18.2 Å². The molecule has 1 nitrogen and oxygen atoms in total. The molecule has 0 saturated heterocycles. The molecule has 0 aromatic heterocycles. The number of rotatable bonds is 3. The molecule has 0 heterocycles. The SMILES string of the molecule is OC(Cc1ccc(F)c(F)c1)c1cccc(F)c1F. The quantitative estimate of drug-likeness (QED) is 0.846. The van der Waals surface area contributed by atoms with Crippen molar-refractivity contribution in [3.63, 3.8) is 0 Å². The summed E-state index contributed by atoms with van der Waals surface area (Å²) in [6.07, 6.45) is -1.47. The summed E-state index contributed by atoms with van der Waals surface area (Å²) in [5.74, 6) is -4.26. The standard InChI is InChI=1S/C14H10F4O/c15-10-5-4-8(6-12(10)17)7-13(19)9-2-1-3-11(16)14(9)18/h1-6,13,19H,7H2. The van der Waals surface area contributed by atoms with Crippen molar-refractivity contribution in [1.29, 1.82) is 0 Å². The summed E-state index contributed by atoms with van der Waals surface area (Å²) in [6.45, 7) is 0. The van der Waals surface area contributed by atoms with E-state index in [-0.39, 0.29) is 17.5 Å². The zero-order chi connectivity index (χ0) is 14.0. The molecular formula is C14H10F4O. The summed E-state index contributed by atoms with van der Waals surface area (Å²) in [5, 5.41) is 9.82. The molecule has 2 aromatic rings. The van der Waals surface area contributed by atoms with Crippen molar-refractivity contribution in [2.24, 2.45) is 0 Å². The number of halogens is 4. The minimum atomic E-state index is -1.33. The second kappa shape index (κ2) is 5.40. The fraction of sp³-hybridized carbons (Fsp3) is 0.143. The molecule has 1 unspecified atom stereocenters. The lowest BCUT2D eigenvalue weighted by atomic mass is 10.0. The van der Waals surface area contributed by atoms with Crippen molar-refractivity contribution >= 4 is 0 Å². The molecule has 0 saturated carbocycles. The van der Waals surface area contributed by atoms with Crippen molar-refractivity contribution in [2.45, 2.75) is 12.5 Å². The third kappa shape index (κ3) is 2.93. The molecule has 2 rings (SSSR count). The second-order valence-corrected chi connectivity index (χ2v) is 4.11. The summed E-state index contributed by atoms with van der Waals surface area (Å²) in [4.78, 5) is 0. The van der Waals surface area contributed by atoms with Crippen molar-refractivity contribution in [2.75, 3.05) is 0 Å². The topological polar surface area (TPSA) is 20.2 Å². The Balaban J connectivity index is 2.23. The van der Waals surface area contributed by atoms with Gasteiger partial charge in [-0.05, 0) is 23.8 Å². The molecule has 0 aliphatic carbocycles. The van der Waals surface area contributed by atoms with E-state index in [4.69, 9.17) is 0 Å². The normalized spacial score (nSPS) is 12.5. The molecule has 0 fully saturated rings. The maximum atomic E-state index is 13.4. The summed E-state index contributed by atoms with van der Waals surface area (Å²) in [5.41, 5.74) is 0.0693. The number of hydrogen-bond acceptors (Lipinski definition) is 1. The summed E-state index contributed by atoms with van der Waals surface area (Å²) in [7, 11) is 0. The molecule has 0 bridgehead atoms. The van der Waals surface area contributed by atoms with Crippen molar-refractivity contribution < 1.29 is 22.7 Å². The van der Waals surface area contributed by atoms with Gasteiger partial charge in [-0.1, -0.05) is 18.2 Å². The Morgan fingerprint density at radius 2 is 1.63 bits per heavy atom. The van der Waals surface area contributed by atoms with E-state index in [1.54, 1.807) is 0 Å². The van der Waals surface area contributed by atoms with Gasteiger partial charge in [0, 0.05) is 12.0 Å². The van der Waals surface area contributed by atoms with Gasteiger partial charge in [0.25, 0.3) is 0 Å². The van der Waals surface area contributed by atoms with Gasteiger partial charge in [0.05, 0.1) is 6.10 Å².